The van der Waals surface area contributed by atoms with Gasteiger partial charge < -0.3 is 5.32 Å². The molecule has 0 aliphatic carbocycles. The number of nitrogens with zero attached hydrogens (tertiary/aromatic N) is 2. The second kappa shape index (κ2) is 7.32. The van der Waals surface area contributed by atoms with Gasteiger partial charge >= 0.3 is 0 Å². The molecule has 1 amide bonds. The lowest BCUT2D eigenvalue weighted by molar-refractivity contribution is -0.110. The summed E-state index contributed by atoms with van der Waals surface area (Å²) in [6, 6.07) is 23.6. The summed E-state index contributed by atoms with van der Waals surface area (Å²) in [6.45, 7) is 2.05. The standard InChI is InChI=1S/C25H18ClN3O/c1-16-7-9-17(10-8-16)24-18(15-29(28-24)20-5-3-2-4-6-20)13-22-21-14-19(26)11-12-23(21)27-25(22)30/h2-15H,1H3,(H,27,30)/b22-13-. The molecule has 0 saturated heterocycles. The Morgan fingerprint density at radius 1 is 1.00 bits per heavy atom. The van der Waals surface area contributed by atoms with E-state index in [9.17, 15) is 4.79 Å². The number of carbonyl (C=O) groups excluding carboxylic acids is 1. The third kappa shape index (κ3) is 3.31. The molecule has 4 nitrogen and oxygen atoms in total. The van der Waals surface area contributed by atoms with E-state index in [-0.39, 0.29) is 5.91 Å². The van der Waals surface area contributed by atoms with E-state index in [0.717, 1.165) is 33.8 Å². The topological polar surface area (TPSA) is 46.9 Å². The molecule has 5 heteroatoms. The van der Waals surface area contributed by atoms with E-state index < -0.39 is 0 Å². The van der Waals surface area contributed by atoms with Crippen LogP contribution >= 0.6 is 11.6 Å². The quantitative estimate of drug-likeness (QED) is 0.420. The molecule has 0 spiro atoms. The van der Waals surface area contributed by atoms with E-state index in [4.69, 9.17) is 16.7 Å². The Kier molecular flexibility index (Phi) is 4.49. The summed E-state index contributed by atoms with van der Waals surface area (Å²) in [5.74, 6) is -0.144. The second-order valence-electron chi connectivity index (χ2n) is 7.28. The summed E-state index contributed by atoms with van der Waals surface area (Å²) in [5.41, 5.74) is 6.95. The number of benzene rings is 3. The Balaban J connectivity index is 1.69. The average molecular weight is 412 g/mol. The molecule has 0 fully saturated rings. The van der Waals surface area contributed by atoms with Gasteiger partial charge in [-0.05, 0) is 43.3 Å². The van der Waals surface area contributed by atoms with Gasteiger partial charge in [0.2, 0.25) is 0 Å². The van der Waals surface area contributed by atoms with Crippen LogP contribution in [-0.4, -0.2) is 15.7 Å². The van der Waals surface area contributed by atoms with Crippen molar-refractivity contribution in [2.24, 2.45) is 0 Å². The van der Waals surface area contributed by atoms with E-state index in [2.05, 4.69) is 36.5 Å². The first-order chi connectivity index (χ1) is 14.6. The molecule has 3 aromatic carbocycles. The van der Waals surface area contributed by atoms with E-state index in [1.807, 2.05) is 59.4 Å². The number of hydrogen-bond donors (Lipinski definition) is 1. The van der Waals surface area contributed by atoms with Crippen LogP contribution in [0.2, 0.25) is 5.02 Å². The van der Waals surface area contributed by atoms with Gasteiger partial charge in [-0.15, -0.1) is 0 Å². The van der Waals surface area contributed by atoms with Crippen molar-refractivity contribution in [3.63, 3.8) is 0 Å². The van der Waals surface area contributed by atoms with Crippen molar-refractivity contribution < 1.29 is 4.79 Å². The van der Waals surface area contributed by atoms with Gasteiger partial charge in [0.1, 0.15) is 0 Å². The molecule has 1 aromatic heterocycles. The minimum atomic E-state index is -0.144. The van der Waals surface area contributed by atoms with Crippen LogP contribution < -0.4 is 5.32 Å². The number of fused-ring (bicyclic) bond motifs is 1. The Labute approximate surface area is 179 Å². The summed E-state index contributed by atoms with van der Waals surface area (Å²) in [4.78, 5) is 12.7. The fourth-order valence-corrected chi connectivity index (χ4v) is 3.77. The lowest BCUT2D eigenvalue weighted by atomic mass is 10.0. The molecule has 4 aromatic rings. The Bertz CT molecular complexity index is 1290. The van der Waals surface area contributed by atoms with Crippen LogP contribution in [0.15, 0.2) is 79.0 Å². The fraction of sp³-hybridized carbons (Fsp3) is 0.0400. The predicted octanol–water partition coefficient (Wildman–Crippen LogP) is 5.99. The maximum absolute atomic E-state index is 12.7. The third-order valence-corrected chi connectivity index (χ3v) is 5.39. The fourth-order valence-electron chi connectivity index (χ4n) is 3.60. The van der Waals surface area contributed by atoms with Crippen LogP contribution in [0.1, 0.15) is 16.7 Å². The molecule has 30 heavy (non-hydrogen) atoms. The van der Waals surface area contributed by atoms with Crippen molar-refractivity contribution in [3.05, 3.63) is 101 Å². The lowest BCUT2D eigenvalue weighted by Gasteiger charge is -2.02. The largest absolute Gasteiger partial charge is 0.321 e. The molecular formula is C25H18ClN3O. The minimum absolute atomic E-state index is 0.144. The van der Waals surface area contributed by atoms with Crippen molar-refractivity contribution in [2.75, 3.05) is 5.32 Å². The van der Waals surface area contributed by atoms with Crippen molar-refractivity contribution in [3.8, 4) is 16.9 Å². The number of halogens is 1. The first-order valence-electron chi connectivity index (χ1n) is 9.63. The highest BCUT2D eigenvalue weighted by Gasteiger charge is 2.25. The Morgan fingerprint density at radius 3 is 2.53 bits per heavy atom. The first kappa shape index (κ1) is 18.4. The van der Waals surface area contributed by atoms with Gasteiger partial charge in [-0.2, -0.15) is 5.10 Å². The lowest BCUT2D eigenvalue weighted by Crippen LogP contribution is -2.03. The second-order valence-corrected chi connectivity index (χ2v) is 7.72. The molecule has 1 aliphatic rings. The summed E-state index contributed by atoms with van der Waals surface area (Å²) in [7, 11) is 0. The number of nitrogens with one attached hydrogen (secondary N) is 1. The minimum Gasteiger partial charge on any atom is -0.321 e. The molecule has 5 rings (SSSR count). The van der Waals surface area contributed by atoms with Crippen LogP contribution in [0.25, 0.3) is 28.6 Å². The van der Waals surface area contributed by atoms with E-state index in [1.165, 1.54) is 5.56 Å². The summed E-state index contributed by atoms with van der Waals surface area (Å²) < 4.78 is 1.84. The SMILES string of the molecule is Cc1ccc(-c2nn(-c3ccccc3)cc2/C=C2\C(=O)Nc3ccc(Cl)cc32)cc1. The number of aromatic nitrogens is 2. The summed E-state index contributed by atoms with van der Waals surface area (Å²) in [6.07, 6.45) is 3.84. The monoisotopic (exact) mass is 411 g/mol. The zero-order chi connectivity index (χ0) is 20.7. The summed E-state index contributed by atoms with van der Waals surface area (Å²) in [5, 5.41) is 8.33. The Morgan fingerprint density at radius 2 is 1.77 bits per heavy atom. The van der Waals surface area contributed by atoms with Crippen LogP contribution in [-0.2, 0) is 4.79 Å². The van der Waals surface area contributed by atoms with Crippen LogP contribution in [0, 0.1) is 6.92 Å². The van der Waals surface area contributed by atoms with Crippen molar-refractivity contribution in [2.45, 2.75) is 6.92 Å². The third-order valence-electron chi connectivity index (χ3n) is 5.15. The maximum Gasteiger partial charge on any atom is 0.256 e. The van der Waals surface area contributed by atoms with Gasteiger partial charge in [-0.3, -0.25) is 4.79 Å². The van der Waals surface area contributed by atoms with Crippen molar-refractivity contribution in [1.82, 2.24) is 9.78 Å². The van der Waals surface area contributed by atoms with Gasteiger partial charge in [-0.25, -0.2) is 4.68 Å². The molecule has 146 valence electrons. The molecule has 0 atom stereocenters. The zero-order valence-corrected chi connectivity index (χ0v) is 17.0. The average Bonchev–Trinajstić information content (AvgIpc) is 3.31. The normalized spacial score (nSPS) is 14.1. The number of carbonyl (C=O) groups is 1. The maximum atomic E-state index is 12.7. The zero-order valence-electron chi connectivity index (χ0n) is 16.3. The van der Waals surface area contributed by atoms with Gasteiger partial charge in [0.25, 0.3) is 5.91 Å². The van der Waals surface area contributed by atoms with Crippen LogP contribution in [0.3, 0.4) is 0 Å². The number of amides is 1. The number of anilines is 1. The first-order valence-corrected chi connectivity index (χ1v) is 10.0. The highest BCUT2D eigenvalue weighted by molar-refractivity contribution is 6.36. The number of hydrogen-bond acceptors (Lipinski definition) is 2. The van der Waals surface area contributed by atoms with Gasteiger partial charge in [0.15, 0.2) is 0 Å². The number of aryl methyl sites for hydroxylation is 1. The molecular weight excluding hydrogens is 394 g/mol. The van der Waals surface area contributed by atoms with E-state index in [0.29, 0.717) is 10.6 Å². The number of para-hydroxylation sites is 1. The molecule has 0 saturated carbocycles. The smallest absolute Gasteiger partial charge is 0.256 e. The van der Waals surface area contributed by atoms with Crippen molar-refractivity contribution in [1.29, 1.82) is 0 Å². The highest BCUT2D eigenvalue weighted by atomic mass is 35.5. The molecule has 1 aliphatic heterocycles. The summed E-state index contributed by atoms with van der Waals surface area (Å²) >= 11 is 6.18. The van der Waals surface area contributed by atoms with E-state index in [1.54, 1.807) is 6.07 Å². The van der Waals surface area contributed by atoms with E-state index >= 15 is 0 Å². The number of rotatable bonds is 3. The highest BCUT2D eigenvalue weighted by Crippen LogP contribution is 2.36. The molecule has 2 heterocycles. The van der Waals surface area contributed by atoms with Crippen molar-refractivity contribution >= 4 is 34.8 Å². The van der Waals surface area contributed by atoms with Gasteiger partial charge in [0, 0.05) is 39.2 Å². The predicted molar refractivity (Wildman–Crippen MR) is 122 cm³/mol. The van der Waals surface area contributed by atoms with Gasteiger partial charge in [0.05, 0.1) is 11.4 Å². The molecule has 1 N–H and O–H groups in total. The molecule has 0 bridgehead atoms. The van der Waals surface area contributed by atoms with Crippen LogP contribution in [0.4, 0.5) is 5.69 Å². The molecule has 0 unspecified atom stereocenters. The Hall–Kier alpha value is -3.63. The van der Waals surface area contributed by atoms with Gasteiger partial charge in [-0.1, -0.05) is 59.6 Å². The molecule has 0 radical (unpaired) electrons. The van der Waals surface area contributed by atoms with Crippen LogP contribution in [0.5, 0.6) is 0 Å².